The van der Waals surface area contributed by atoms with E-state index in [1.54, 1.807) is 22.0 Å². The van der Waals surface area contributed by atoms with Crippen LogP contribution in [0.5, 0.6) is 0 Å². The van der Waals surface area contributed by atoms with Crippen molar-refractivity contribution < 1.29 is 9.53 Å². The highest BCUT2D eigenvalue weighted by atomic mass is 16.5. The van der Waals surface area contributed by atoms with Crippen LogP contribution < -0.4 is 4.90 Å². The van der Waals surface area contributed by atoms with E-state index in [4.69, 9.17) is 4.74 Å². The summed E-state index contributed by atoms with van der Waals surface area (Å²) >= 11 is 0. The molecule has 1 fully saturated rings. The number of aromatic nitrogens is 4. The molecule has 0 unspecified atom stereocenters. The largest absolute Gasteiger partial charge is 0.378 e. The molecule has 8 heteroatoms. The Bertz CT molecular complexity index is 696. The summed E-state index contributed by atoms with van der Waals surface area (Å²) in [5.74, 6) is 0.771. The predicted molar refractivity (Wildman–Crippen MR) is 81.5 cm³/mol. The quantitative estimate of drug-likeness (QED) is 0.797. The summed E-state index contributed by atoms with van der Waals surface area (Å²) in [7, 11) is 0. The minimum Gasteiger partial charge on any atom is -0.378 e. The van der Waals surface area contributed by atoms with Crippen molar-refractivity contribution in [2.24, 2.45) is 0 Å². The molecule has 1 amide bonds. The number of morpholine rings is 1. The van der Waals surface area contributed by atoms with Crippen LogP contribution >= 0.6 is 0 Å². The van der Waals surface area contributed by atoms with Gasteiger partial charge in [0.1, 0.15) is 6.54 Å². The van der Waals surface area contributed by atoms with E-state index in [0.29, 0.717) is 26.3 Å². The summed E-state index contributed by atoms with van der Waals surface area (Å²) in [6.07, 6.45) is 5.30. The molecular formula is C15H18N6O2. The average molecular weight is 314 g/mol. The van der Waals surface area contributed by atoms with Gasteiger partial charge in [0.2, 0.25) is 11.9 Å². The van der Waals surface area contributed by atoms with Gasteiger partial charge in [0.25, 0.3) is 0 Å². The number of hydrogen-bond acceptors (Lipinski definition) is 6. The lowest BCUT2D eigenvalue weighted by Gasteiger charge is -2.26. The first-order valence-corrected chi connectivity index (χ1v) is 7.72. The molecule has 2 aliphatic rings. The number of amides is 1. The van der Waals surface area contributed by atoms with Gasteiger partial charge in [-0.3, -0.25) is 9.48 Å². The van der Waals surface area contributed by atoms with E-state index in [0.717, 1.165) is 30.3 Å². The Hall–Kier alpha value is -2.48. The zero-order chi connectivity index (χ0) is 15.6. The first-order valence-electron chi connectivity index (χ1n) is 7.72. The van der Waals surface area contributed by atoms with Gasteiger partial charge in [0.15, 0.2) is 0 Å². The fraction of sp³-hybridized carbons (Fsp3) is 0.467. The lowest BCUT2D eigenvalue weighted by Crippen LogP contribution is -2.37. The SMILES string of the molecule is O=C(Cn1cccn1)N1Cc2cnc(N3CCOCC3)nc2C1. The Morgan fingerprint density at radius 3 is 2.91 bits per heavy atom. The van der Waals surface area contributed by atoms with Crippen molar-refractivity contribution in [1.82, 2.24) is 24.6 Å². The molecule has 8 nitrogen and oxygen atoms in total. The second-order valence-electron chi connectivity index (χ2n) is 5.69. The normalized spacial score (nSPS) is 17.4. The van der Waals surface area contributed by atoms with Crippen molar-refractivity contribution in [3.05, 3.63) is 35.9 Å². The Balaban J connectivity index is 1.45. The maximum atomic E-state index is 12.4. The predicted octanol–water partition coefficient (Wildman–Crippen LogP) is 0.0521. The third kappa shape index (κ3) is 2.89. The zero-order valence-electron chi connectivity index (χ0n) is 12.8. The van der Waals surface area contributed by atoms with E-state index in [9.17, 15) is 4.79 Å². The molecule has 4 heterocycles. The number of carbonyl (C=O) groups is 1. The molecule has 0 N–H and O–H groups in total. The van der Waals surface area contributed by atoms with Crippen LogP contribution in [0.15, 0.2) is 24.7 Å². The Kier molecular flexibility index (Phi) is 3.66. The number of rotatable bonds is 3. The van der Waals surface area contributed by atoms with Crippen molar-refractivity contribution in [1.29, 1.82) is 0 Å². The van der Waals surface area contributed by atoms with Crippen LogP contribution in [0, 0.1) is 0 Å². The maximum absolute atomic E-state index is 12.4. The molecule has 120 valence electrons. The molecule has 4 rings (SSSR count). The van der Waals surface area contributed by atoms with Crippen LogP contribution in [-0.4, -0.2) is 56.9 Å². The van der Waals surface area contributed by atoms with Crippen LogP contribution in [0.25, 0.3) is 0 Å². The molecule has 0 radical (unpaired) electrons. The van der Waals surface area contributed by atoms with Gasteiger partial charge in [-0.2, -0.15) is 5.10 Å². The molecule has 0 saturated carbocycles. The molecular weight excluding hydrogens is 296 g/mol. The van der Waals surface area contributed by atoms with Crippen LogP contribution in [0.3, 0.4) is 0 Å². The van der Waals surface area contributed by atoms with E-state index >= 15 is 0 Å². The van der Waals surface area contributed by atoms with Crippen LogP contribution in [0.2, 0.25) is 0 Å². The molecule has 23 heavy (non-hydrogen) atoms. The molecule has 0 aliphatic carbocycles. The van der Waals surface area contributed by atoms with E-state index in [1.165, 1.54) is 0 Å². The van der Waals surface area contributed by atoms with Crippen molar-refractivity contribution in [2.45, 2.75) is 19.6 Å². The molecule has 2 aromatic rings. The Morgan fingerprint density at radius 2 is 2.13 bits per heavy atom. The van der Waals surface area contributed by atoms with E-state index in [2.05, 4.69) is 20.0 Å². The monoisotopic (exact) mass is 314 g/mol. The summed E-state index contributed by atoms with van der Waals surface area (Å²) in [4.78, 5) is 25.4. The molecule has 2 aliphatic heterocycles. The second-order valence-corrected chi connectivity index (χ2v) is 5.69. The Morgan fingerprint density at radius 1 is 1.26 bits per heavy atom. The minimum absolute atomic E-state index is 0.0413. The zero-order valence-corrected chi connectivity index (χ0v) is 12.8. The fourth-order valence-corrected chi connectivity index (χ4v) is 2.87. The van der Waals surface area contributed by atoms with Gasteiger partial charge in [0, 0.05) is 43.8 Å². The van der Waals surface area contributed by atoms with Gasteiger partial charge in [-0.05, 0) is 6.07 Å². The number of nitrogens with zero attached hydrogens (tertiary/aromatic N) is 6. The summed E-state index contributed by atoms with van der Waals surface area (Å²) < 4.78 is 6.99. The molecule has 0 spiro atoms. The third-order valence-corrected chi connectivity index (χ3v) is 4.15. The summed E-state index contributed by atoms with van der Waals surface area (Å²) in [5.41, 5.74) is 1.96. The molecule has 0 atom stereocenters. The van der Waals surface area contributed by atoms with Crippen LogP contribution in [-0.2, 0) is 29.2 Å². The molecule has 0 bridgehead atoms. The van der Waals surface area contributed by atoms with E-state index in [-0.39, 0.29) is 12.5 Å². The second kappa shape index (κ2) is 5.96. The van der Waals surface area contributed by atoms with Crippen molar-refractivity contribution in [3.63, 3.8) is 0 Å². The fourth-order valence-electron chi connectivity index (χ4n) is 2.87. The number of carbonyl (C=O) groups excluding carboxylic acids is 1. The van der Waals surface area contributed by atoms with E-state index in [1.807, 2.05) is 12.3 Å². The highest BCUT2D eigenvalue weighted by molar-refractivity contribution is 5.76. The topological polar surface area (TPSA) is 76.4 Å². The van der Waals surface area contributed by atoms with Gasteiger partial charge < -0.3 is 14.5 Å². The maximum Gasteiger partial charge on any atom is 0.244 e. The van der Waals surface area contributed by atoms with Crippen molar-refractivity contribution in [2.75, 3.05) is 31.2 Å². The summed E-state index contributed by atoms with van der Waals surface area (Å²) in [6, 6.07) is 1.81. The summed E-state index contributed by atoms with van der Waals surface area (Å²) in [6.45, 7) is 4.38. The van der Waals surface area contributed by atoms with Gasteiger partial charge in [-0.15, -0.1) is 0 Å². The smallest absolute Gasteiger partial charge is 0.244 e. The van der Waals surface area contributed by atoms with Crippen LogP contribution in [0.1, 0.15) is 11.3 Å². The first kappa shape index (κ1) is 14.1. The molecule has 1 saturated heterocycles. The van der Waals surface area contributed by atoms with Gasteiger partial charge in [0.05, 0.1) is 25.5 Å². The number of anilines is 1. The Labute approximate surface area is 133 Å². The van der Waals surface area contributed by atoms with Crippen molar-refractivity contribution >= 4 is 11.9 Å². The minimum atomic E-state index is 0.0413. The number of fused-ring (bicyclic) bond motifs is 1. The highest BCUT2D eigenvalue weighted by Crippen LogP contribution is 2.23. The standard InChI is InChI=1S/C15H18N6O2/c22-14(11-21-3-1-2-17-21)20-9-12-8-16-15(18-13(12)10-20)19-4-6-23-7-5-19/h1-3,8H,4-7,9-11H2. The highest BCUT2D eigenvalue weighted by Gasteiger charge is 2.26. The van der Waals surface area contributed by atoms with E-state index < -0.39 is 0 Å². The lowest BCUT2D eigenvalue weighted by molar-refractivity contribution is -0.132. The number of ether oxygens (including phenoxy) is 1. The van der Waals surface area contributed by atoms with Gasteiger partial charge in [-0.1, -0.05) is 0 Å². The third-order valence-electron chi connectivity index (χ3n) is 4.15. The first-order chi connectivity index (χ1) is 11.3. The number of hydrogen-bond donors (Lipinski definition) is 0. The molecule has 2 aromatic heterocycles. The average Bonchev–Trinajstić information content (AvgIpc) is 3.24. The van der Waals surface area contributed by atoms with Crippen LogP contribution in [0.4, 0.5) is 5.95 Å². The van der Waals surface area contributed by atoms with Gasteiger partial charge in [-0.25, -0.2) is 9.97 Å². The molecule has 0 aromatic carbocycles. The van der Waals surface area contributed by atoms with Crippen molar-refractivity contribution in [3.8, 4) is 0 Å². The lowest BCUT2D eigenvalue weighted by atomic mass is 10.3. The summed E-state index contributed by atoms with van der Waals surface area (Å²) in [5, 5.41) is 4.07. The van der Waals surface area contributed by atoms with Gasteiger partial charge >= 0.3 is 0 Å².